The summed E-state index contributed by atoms with van der Waals surface area (Å²) in [6, 6.07) is 0. The molecule has 1 aromatic rings. The summed E-state index contributed by atoms with van der Waals surface area (Å²) >= 11 is 0. The average molecular weight is 374 g/mol. The Bertz CT molecular complexity index is 712. The van der Waals surface area contributed by atoms with Crippen LogP contribution in [0.15, 0.2) is 0 Å². The van der Waals surface area contributed by atoms with Crippen LogP contribution in [-0.2, 0) is 23.2 Å². The second kappa shape index (κ2) is 7.22. The highest BCUT2D eigenvalue weighted by atomic mass is 16.2. The van der Waals surface area contributed by atoms with Crippen molar-refractivity contribution in [3.8, 4) is 0 Å². The summed E-state index contributed by atoms with van der Waals surface area (Å²) in [5, 5.41) is 8.91. The molecular formula is C19H30N6O2. The van der Waals surface area contributed by atoms with Crippen molar-refractivity contribution in [2.45, 2.75) is 57.4 Å². The van der Waals surface area contributed by atoms with E-state index >= 15 is 0 Å². The highest BCUT2D eigenvalue weighted by molar-refractivity contribution is 6.07. The van der Waals surface area contributed by atoms with Gasteiger partial charge < -0.3 is 15.2 Å². The van der Waals surface area contributed by atoms with E-state index in [9.17, 15) is 9.59 Å². The number of nitrogens with two attached hydrogens (primary N) is 1. The third-order valence-electron chi connectivity index (χ3n) is 6.59. The van der Waals surface area contributed by atoms with Gasteiger partial charge in [0.1, 0.15) is 17.1 Å². The highest BCUT2D eigenvalue weighted by Crippen LogP contribution is 2.47. The standard InChI is InChI=1S/C19H30N6O2/c1-23-15(13-24-9-3-2-4-10-24)21-22-16(23)14-5-11-25(12-6-14)18(27)19(7-8-19)17(20)26/h14H,2-13H2,1H3,(H2,20,26). The molecule has 0 bridgehead atoms. The molecule has 1 aliphatic carbocycles. The Kier molecular flexibility index (Phi) is 4.92. The Morgan fingerprint density at radius 2 is 1.74 bits per heavy atom. The van der Waals surface area contributed by atoms with Crippen LogP contribution in [0.4, 0.5) is 0 Å². The molecule has 0 radical (unpaired) electrons. The first-order chi connectivity index (χ1) is 13.0. The smallest absolute Gasteiger partial charge is 0.238 e. The van der Waals surface area contributed by atoms with E-state index in [2.05, 4.69) is 26.7 Å². The molecule has 2 N–H and O–H groups in total. The van der Waals surface area contributed by atoms with Crippen molar-refractivity contribution >= 4 is 11.8 Å². The first-order valence-electron chi connectivity index (χ1n) is 10.2. The van der Waals surface area contributed by atoms with Crippen LogP contribution in [0, 0.1) is 5.41 Å². The number of piperidine rings is 2. The van der Waals surface area contributed by atoms with Crippen LogP contribution in [0.2, 0.25) is 0 Å². The molecule has 1 saturated carbocycles. The maximum absolute atomic E-state index is 12.6. The van der Waals surface area contributed by atoms with Crippen LogP contribution < -0.4 is 5.73 Å². The minimum Gasteiger partial charge on any atom is -0.369 e. The number of hydrogen-bond acceptors (Lipinski definition) is 5. The van der Waals surface area contributed by atoms with Crippen molar-refractivity contribution in [3.63, 3.8) is 0 Å². The monoisotopic (exact) mass is 374 g/mol. The summed E-state index contributed by atoms with van der Waals surface area (Å²) in [6.07, 6.45) is 6.78. The summed E-state index contributed by atoms with van der Waals surface area (Å²) in [4.78, 5) is 28.5. The van der Waals surface area contributed by atoms with E-state index in [4.69, 9.17) is 5.73 Å². The molecule has 0 unspecified atom stereocenters. The van der Waals surface area contributed by atoms with Crippen LogP contribution in [0.3, 0.4) is 0 Å². The van der Waals surface area contributed by atoms with E-state index in [0.717, 1.165) is 44.1 Å². The van der Waals surface area contributed by atoms with Gasteiger partial charge in [-0.1, -0.05) is 6.42 Å². The first kappa shape index (κ1) is 18.4. The fourth-order valence-corrected chi connectivity index (χ4v) is 4.52. The lowest BCUT2D eigenvalue weighted by Crippen LogP contribution is -2.46. The Morgan fingerprint density at radius 1 is 1.07 bits per heavy atom. The van der Waals surface area contributed by atoms with Crippen molar-refractivity contribution < 1.29 is 9.59 Å². The van der Waals surface area contributed by atoms with Gasteiger partial charge >= 0.3 is 0 Å². The quantitative estimate of drug-likeness (QED) is 0.768. The normalized spacial score (nSPS) is 23.4. The fourth-order valence-electron chi connectivity index (χ4n) is 4.52. The second-order valence-electron chi connectivity index (χ2n) is 8.38. The Balaban J connectivity index is 1.36. The minimum absolute atomic E-state index is 0.0720. The molecule has 2 saturated heterocycles. The fraction of sp³-hybridized carbons (Fsp3) is 0.789. The molecule has 4 rings (SSSR count). The Labute approximate surface area is 160 Å². The van der Waals surface area contributed by atoms with Gasteiger partial charge in [0.15, 0.2) is 0 Å². The van der Waals surface area contributed by atoms with Gasteiger partial charge in [-0.05, 0) is 51.6 Å². The molecule has 3 heterocycles. The number of hydrogen-bond donors (Lipinski definition) is 1. The van der Waals surface area contributed by atoms with Gasteiger partial charge in [0.25, 0.3) is 0 Å². The molecule has 2 aliphatic heterocycles. The summed E-state index contributed by atoms with van der Waals surface area (Å²) in [5.41, 5.74) is 4.54. The van der Waals surface area contributed by atoms with Gasteiger partial charge in [-0.15, -0.1) is 10.2 Å². The summed E-state index contributed by atoms with van der Waals surface area (Å²) in [6.45, 7) is 4.47. The van der Waals surface area contributed by atoms with Crippen molar-refractivity contribution in [1.29, 1.82) is 0 Å². The summed E-state index contributed by atoms with van der Waals surface area (Å²) in [7, 11) is 2.05. The molecule has 0 spiro atoms. The highest BCUT2D eigenvalue weighted by Gasteiger charge is 2.57. The lowest BCUT2D eigenvalue weighted by atomic mass is 9.94. The molecule has 3 fully saturated rings. The van der Waals surface area contributed by atoms with Crippen LogP contribution in [0.5, 0.6) is 0 Å². The van der Waals surface area contributed by atoms with Gasteiger partial charge in [-0.25, -0.2) is 0 Å². The van der Waals surface area contributed by atoms with Crippen molar-refractivity contribution in [2.75, 3.05) is 26.2 Å². The van der Waals surface area contributed by atoms with E-state index in [1.165, 1.54) is 19.3 Å². The molecule has 3 aliphatic rings. The summed E-state index contributed by atoms with van der Waals surface area (Å²) in [5.74, 6) is 1.81. The number of rotatable bonds is 5. The number of aromatic nitrogens is 3. The average Bonchev–Trinajstić information content (AvgIpc) is 3.43. The predicted octanol–water partition coefficient (Wildman–Crippen LogP) is 0.773. The SMILES string of the molecule is Cn1c(CN2CCCCC2)nnc1C1CCN(C(=O)C2(C(N)=O)CC2)CC1. The van der Waals surface area contributed by atoms with E-state index < -0.39 is 11.3 Å². The van der Waals surface area contributed by atoms with Crippen LogP contribution >= 0.6 is 0 Å². The molecular weight excluding hydrogens is 344 g/mol. The number of amides is 2. The molecule has 8 nitrogen and oxygen atoms in total. The number of primary amides is 1. The molecule has 148 valence electrons. The molecule has 0 atom stereocenters. The number of likely N-dealkylation sites (tertiary alicyclic amines) is 2. The number of nitrogens with zero attached hydrogens (tertiary/aromatic N) is 5. The predicted molar refractivity (Wildman–Crippen MR) is 99.5 cm³/mol. The molecule has 1 aromatic heterocycles. The summed E-state index contributed by atoms with van der Waals surface area (Å²) < 4.78 is 2.14. The zero-order valence-electron chi connectivity index (χ0n) is 16.2. The van der Waals surface area contributed by atoms with Crippen LogP contribution in [0.25, 0.3) is 0 Å². The van der Waals surface area contributed by atoms with Crippen molar-refractivity contribution in [1.82, 2.24) is 24.6 Å². The maximum atomic E-state index is 12.6. The van der Waals surface area contributed by atoms with Gasteiger partial charge in [0.05, 0.1) is 6.54 Å². The topological polar surface area (TPSA) is 97.3 Å². The molecule has 2 amide bonds. The zero-order valence-corrected chi connectivity index (χ0v) is 16.2. The Morgan fingerprint density at radius 3 is 2.33 bits per heavy atom. The second-order valence-corrected chi connectivity index (χ2v) is 8.38. The maximum Gasteiger partial charge on any atom is 0.238 e. The molecule has 27 heavy (non-hydrogen) atoms. The van der Waals surface area contributed by atoms with E-state index in [1.54, 1.807) is 0 Å². The lowest BCUT2D eigenvalue weighted by molar-refractivity contribution is -0.143. The van der Waals surface area contributed by atoms with Crippen LogP contribution in [0.1, 0.15) is 62.5 Å². The number of carbonyl (C=O) groups excluding carboxylic acids is 2. The lowest BCUT2D eigenvalue weighted by Gasteiger charge is -2.33. The van der Waals surface area contributed by atoms with Crippen molar-refractivity contribution in [2.24, 2.45) is 18.2 Å². The third-order valence-corrected chi connectivity index (χ3v) is 6.59. The van der Waals surface area contributed by atoms with Gasteiger partial charge in [-0.2, -0.15) is 0 Å². The van der Waals surface area contributed by atoms with Gasteiger partial charge in [0, 0.05) is 26.1 Å². The molecule has 0 aromatic carbocycles. The van der Waals surface area contributed by atoms with Gasteiger partial charge in [0.2, 0.25) is 11.8 Å². The Hall–Kier alpha value is -1.96. The third kappa shape index (κ3) is 3.47. The van der Waals surface area contributed by atoms with E-state index in [1.807, 2.05) is 4.90 Å². The molecule has 8 heteroatoms. The van der Waals surface area contributed by atoms with E-state index in [-0.39, 0.29) is 5.91 Å². The first-order valence-corrected chi connectivity index (χ1v) is 10.2. The largest absolute Gasteiger partial charge is 0.369 e. The van der Waals surface area contributed by atoms with E-state index in [0.29, 0.717) is 31.8 Å². The van der Waals surface area contributed by atoms with Crippen LogP contribution in [-0.4, -0.2) is 62.6 Å². The van der Waals surface area contributed by atoms with Crippen molar-refractivity contribution in [3.05, 3.63) is 11.6 Å². The minimum atomic E-state index is -0.904. The zero-order chi connectivity index (χ0) is 19.0. The number of carbonyl (C=O) groups is 2. The van der Waals surface area contributed by atoms with Gasteiger partial charge in [-0.3, -0.25) is 14.5 Å².